The third-order valence-electron chi connectivity index (χ3n) is 1.81. The monoisotopic (exact) mass is 223 g/mol. The summed E-state index contributed by atoms with van der Waals surface area (Å²) in [4.78, 5) is 0. The van der Waals surface area contributed by atoms with Gasteiger partial charge in [0.2, 0.25) is 0 Å². The molecular weight excluding hydrogens is 215 g/mol. The normalized spacial score (nSPS) is 14.1. The van der Waals surface area contributed by atoms with Crippen LogP contribution in [0.15, 0.2) is 18.2 Å². The van der Waals surface area contributed by atoms with Gasteiger partial charge in [0.15, 0.2) is 0 Å². The Kier molecular flexibility index (Phi) is 3.07. The van der Waals surface area contributed by atoms with Crippen molar-refractivity contribution in [2.24, 2.45) is 5.73 Å². The molecule has 5 heteroatoms. The Hall–Kier alpha value is -0.740. The second-order valence-corrected chi connectivity index (χ2v) is 3.45. The van der Waals surface area contributed by atoms with Gasteiger partial charge in [-0.1, -0.05) is 17.7 Å². The first-order valence-electron chi connectivity index (χ1n) is 3.94. The molecular formula is C9H9ClF3N. The summed E-state index contributed by atoms with van der Waals surface area (Å²) >= 11 is 5.49. The summed E-state index contributed by atoms with van der Waals surface area (Å²) in [6.45, 7) is 1.50. The standard InChI is InChI=1S/C9H9ClF3N/c1-5(14)7-3-2-6(10)4-8(7)9(11,12)13/h2-5H,14H2,1H3/t5-/m0/s1. The lowest BCUT2D eigenvalue weighted by Crippen LogP contribution is -2.15. The number of rotatable bonds is 1. The van der Waals surface area contributed by atoms with Crippen molar-refractivity contribution in [1.82, 2.24) is 0 Å². The zero-order valence-corrected chi connectivity index (χ0v) is 8.15. The SMILES string of the molecule is C[C@H](N)c1ccc(Cl)cc1C(F)(F)F. The van der Waals surface area contributed by atoms with Gasteiger partial charge in [0.25, 0.3) is 0 Å². The molecule has 0 aromatic heterocycles. The van der Waals surface area contributed by atoms with Crippen LogP contribution in [-0.4, -0.2) is 0 Å². The molecule has 1 rings (SSSR count). The molecule has 0 aliphatic rings. The maximum absolute atomic E-state index is 12.5. The van der Waals surface area contributed by atoms with Gasteiger partial charge < -0.3 is 5.73 Å². The van der Waals surface area contributed by atoms with Gasteiger partial charge >= 0.3 is 6.18 Å². The molecule has 0 heterocycles. The van der Waals surface area contributed by atoms with Crippen molar-refractivity contribution in [3.63, 3.8) is 0 Å². The van der Waals surface area contributed by atoms with Gasteiger partial charge in [0.1, 0.15) is 0 Å². The van der Waals surface area contributed by atoms with Crippen molar-refractivity contribution in [3.05, 3.63) is 34.3 Å². The third kappa shape index (κ3) is 2.39. The molecule has 0 bridgehead atoms. The average molecular weight is 224 g/mol. The van der Waals surface area contributed by atoms with Crippen LogP contribution in [0.2, 0.25) is 5.02 Å². The van der Waals surface area contributed by atoms with E-state index in [0.717, 1.165) is 6.07 Å². The predicted octanol–water partition coefficient (Wildman–Crippen LogP) is 3.38. The lowest BCUT2D eigenvalue weighted by Gasteiger charge is -2.15. The molecule has 0 spiro atoms. The first-order valence-corrected chi connectivity index (χ1v) is 4.32. The van der Waals surface area contributed by atoms with Crippen LogP contribution in [0.3, 0.4) is 0 Å². The van der Waals surface area contributed by atoms with Crippen LogP contribution in [0.4, 0.5) is 13.2 Å². The average Bonchev–Trinajstić information content (AvgIpc) is 2.01. The molecule has 1 aromatic rings. The Morgan fingerprint density at radius 2 is 1.93 bits per heavy atom. The largest absolute Gasteiger partial charge is 0.416 e. The minimum Gasteiger partial charge on any atom is -0.324 e. The van der Waals surface area contributed by atoms with Gasteiger partial charge in [-0.2, -0.15) is 13.2 Å². The van der Waals surface area contributed by atoms with Gasteiger partial charge in [-0.15, -0.1) is 0 Å². The number of alkyl halides is 3. The van der Waals surface area contributed by atoms with E-state index >= 15 is 0 Å². The number of halogens is 4. The fraction of sp³-hybridized carbons (Fsp3) is 0.333. The summed E-state index contributed by atoms with van der Waals surface area (Å²) in [6.07, 6.45) is -4.41. The van der Waals surface area contributed by atoms with E-state index in [1.807, 2.05) is 0 Å². The molecule has 14 heavy (non-hydrogen) atoms. The summed E-state index contributed by atoms with van der Waals surface area (Å²) in [5.41, 5.74) is 4.71. The van der Waals surface area contributed by atoms with E-state index in [9.17, 15) is 13.2 Å². The highest BCUT2D eigenvalue weighted by Gasteiger charge is 2.34. The van der Waals surface area contributed by atoms with Crippen LogP contribution in [0.1, 0.15) is 24.1 Å². The highest BCUT2D eigenvalue weighted by atomic mass is 35.5. The Bertz CT molecular complexity index is 333. The van der Waals surface area contributed by atoms with Crippen molar-refractivity contribution in [2.45, 2.75) is 19.1 Å². The van der Waals surface area contributed by atoms with Gasteiger partial charge in [-0.05, 0) is 24.6 Å². The molecule has 0 unspecified atom stereocenters. The van der Waals surface area contributed by atoms with E-state index in [1.54, 1.807) is 0 Å². The molecule has 1 atom stereocenters. The van der Waals surface area contributed by atoms with Crippen molar-refractivity contribution >= 4 is 11.6 Å². The predicted molar refractivity (Wildman–Crippen MR) is 49.1 cm³/mol. The maximum atomic E-state index is 12.5. The van der Waals surface area contributed by atoms with Crippen LogP contribution >= 0.6 is 11.6 Å². The Balaban J connectivity index is 3.30. The van der Waals surface area contributed by atoms with E-state index in [1.165, 1.54) is 19.1 Å². The molecule has 0 aliphatic carbocycles. The molecule has 0 fully saturated rings. The van der Waals surface area contributed by atoms with E-state index in [-0.39, 0.29) is 10.6 Å². The highest BCUT2D eigenvalue weighted by molar-refractivity contribution is 6.30. The van der Waals surface area contributed by atoms with Gasteiger partial charge in [0.05, 0.1) is 5.56 Å². The topological polar surface area (TPSA) is 26.0 Å². The fourth-order valence-corrected chi connectivity index (χ4v) is 1.34. The van der Waals surface area contributed by atoms with E-state index in [4.69, 9.17) is 17.3 Å². The minimum atomic E-state index is -4.41. The van der Waals surface area contributed by atoms with Crippen LogP contribution in [0.5, 0.6) is 0 Å². The molecule has 1 nitrogen and oxygen atoms in total. The Morgan fingerprint density at radius 3 is 2.36 bits per heavy atom. The lowest BCUT2D eigenvalue weighted by atomic mass is 10.0. The molecule has 0 radical (unpaired) electrons. The molecule has 0 aliphatic heterocycles. The van der Waals surface area contributed by atoms with Crippen molar-refractivity contribution in [3.8, 4) is 0 Å². The second kappa shape index (κ2) is 3.79. The van der Waals surface area contributed by atoms with E-state index in [0.29, 0.717) is 0 Å². The van der Waals surface area contributed by atoms with Crippen molar-refractivity contribution in [2.75, 3.05) is 0 Å². The summed E-state index contributed by atoms with van der Waals surface area (Å²) in [6, 6.07) is 2.93. The number of hydrogen-bond acceptors (Lipinski definition) is 1. The highest BCUT2D eigenvalue weighted by Crippen LogP contribution is 2.35. The maximum Gasteiger partial charge on any atom is 0.416 e. The van der Waals surface area contributed by atoms with Gasteiger partial charge in [-0.25, -0.2) is 0 Å². The van der Waals surface area contributed by atoms with Crippen LogP contribution in [-0.2, 0) is 6.18 Å². The number of nitrogens with two attached hydrogens (primary N) is 1. The molecule has 0 saturated carbocycles. The zero-order chi connectivity index (χ0) is 10.9. The van der Waals surface area contributed by atoms with Crippen molar-refractivity contribution in [1.29, 1.82) is 0 Å². The van der Waals surface area contributed by atoms with Crippen LogP contribution < -0.4 is 5.73 Å². The van der Waals surface area contributed by atoms with Gasteiger partial charge in [0, 0.05) is 11.1 Å². The second-order valence-electron chi connectivity index (χ2n) is 3.02. The smallest absolute Gasteiger partial charge is 0.324 e. The number of hydrogen-bond donors (Lipinski definition) is 1. The van der Waals surface area contributed by atoms with E-state index in [2.05, 4.69) is 0 Å². The third-order valence-corrected chi connectivity index (χ3v) is 2.05. The fourth-order valence-electron chi connectivity index (χ4n) is 1.17. The summed E-state index contributed by atoms with van der Waals surface area (Å²) in [7, 11) is 0. The van der Waals surface area contributed by atoms with Crippen molar-refractivity contribution < 1.29 is 13.2 Å². The molecule has 1 aromatic carbocycles. The zero-order valence-electron chi connectivity index (χ0n) is 7.40. The Labute approximate surface area is 84.7 Å². The van der Waals surface area contributed by atoms with Crippen LogP contribution in [0.25, 0.3) is 0 Å². The van der Waals surface area contributed by atoms with Gasteiger partial charge in [-0.3, -0.25) is 0 Å². The summed E-state index contributed by atoms with van der Waals surface area (Å²) in [5.74, 6) is 0. The minimum absolute atomic E-state index is 0.0572. The van der Waals surface area contributed by atoms with E-state index < -0.39 is 17.8 Å². The first kappa shape index (κ1) is 11.3. The molecule has 0 saturated heterocycles. The lowest BCUT2D eigenvalue weighted by molar-refractivity contribution is -0.138. The van der Waals surface area contributed by atoms with Crippen LogP contribution in [0, 0.1) is 0 Å². The summed E-state index contributed by atoms with van der Waals surface area (Å²) < 4.78 is 37.4. The molecule has 0 amide bonds. The number of benzene rings is 1. The first-order chi connectivity index (χ1) is 6.32. The molecule has 78 valence electrons. The summed E-state index contributed by atoms with van der Waals surface area (Å²) in [5, 5.41) is 0.0572. The molecule has 2 N–H and O–H groups in total. The quantitative estimate of drug-likeness (QED) is 0.776. The Morgan fingerprint density at radius 1 is 1.36 bits per heavy atom.